The van der Waals surface area contributed by atoms with Crippen LogP contribution >= 0.6 is 12.2 Å². The van der Waals surface area contributed by atoms with Crippen molar-refractivity contribution in [1.29, 1.82) is 0 Å². The van der Waals surface area contributed by atoms with E-state index < -0.39 is 0 Å². The quantitative estimate of drug-likeness (QED) is 0.812. The lowest BCUT2D eigenvalue weighted by molar-refractivity contribution is 0.0977. The summed E-state index contributed by atoms with van der Waals surface area (Å²) in [6.45, 7) is 3.89. The number of amides is 1. The van der Waals surface area contributed by atoms with E-state index in [2.05, 4.69) is 10.6 Å². The van der Waals surface area contributed by atoms with Crippen LogP contribution in [0.5, 0.6) is 11.5 Å². The van der Waals surface area contributed by atoms with Crippen molar-refractivity contribution in [2.45, 2.75) is 20.0 Å². The molecule has 6 heteroatoms. The molecule has 2 N–H and O–H groups in total. The predicted octanol–water partition coefficient (Wildman–Crippen LogP) is 3.61. The van der Waals surface area contributed by atoms with Gasteiger partial charge in [-0.3, -0.25) is 10.1 Å². The molecule has 0 unspecified atom stereocenters. The van der Waals surface area contributed by atoms with E-state index in [0.717, 1.165) is 5.75 Å². The van der Waals surface area contributed by atoms with Gasteiger partial charge in [0.05, 0.1) is 18.9 Å². The number of thiocarbonyl (C=S) groups is 1. The van der Waals surface area contributed by atoms with E-state index in [-0.39, 0.29) is 17.1 Å². The lowest BCUT2D eigenvalue weighted by Crippen LogP contribution is -2.34. The van der Waals surface area contributed by atoms with Gasteiger partial charge in [0.1, 0.15) is 11.5 Å². The van der Waals surface area contributed by atoms with E-state index in [1.54, 1.807) is 37.4 Å². The number of anilines is 1. The molecule has 0 spiro atoms. The summed E-state index contributed by atoms with van der Waals surface area (Å²) >= 11 is 5.18. The van der Waals surface area contributed by atoms with Gasteiger partial charge < -0.3 is 14.8 Å². The van der Waals surface area contributed by atoms with Crippen molar-refractivity contribution >= 4 is 28.9 Å². The van der Waals surface area contributed by atoms with Gasteiger partial charge in [-0.2, -0.15) is 0 Å². The number of nitrogens with one attached hydrogen (secondary N) is 2. The predicted molar refractivity (Wildman–Crippen MR) is 98.9 cm³/mol. The van der Waals surface area contributed by atoms with Crippen molar-refractivity contribution in [2.24, 2.45) is 0 Å². The third-order valence-corrected chi connectivity index (χ3v) is 3.27. The number of hydrogen-bond acceptors (Lipinski definition) is 4. The first-order valence-electron chi connectivity index (χ1n) is 7.51. The summed E-state index contributed by atoms with van der Waals surface area (Å²) in [5, 5.41) is 5.79. The van der Waals surface area contributed by atoms with Crippen LogP contribution in [0.2, 0.25) is 0 Å². The first-order chi connectivity index (χ1) is 11.5. The van der Waals surface area contributed by atoms with Crippen molar-refractivity contribution in [1.82, 2.24) is 5.32 Å². The Bertz CT molecular complexity index is 714. The average Bonchev–Trinajstić information content (AvgIpc) is 2.55. The molecule has 0 radical (unpaired) electrons. The minimum absolute atomic E-state index is 0.0855. The minimum atomic E-state index is -0.293. The van der Waals surface area contributed by atoms with Gasteiger partial charge in [-0.25, -0.2) is 0 Å². The van der Waals surface area contributed by atoms with Gasteiger partial charge in [0.2, 0.25) is 0 Å². The van der Waals surface area contributed by atoms with Crippen LogP contribution in [-0.4, -0.2) is 24.2 Å². The van der Waals surface area contributed by atoms with E-state index in [1.807, 2.05) is 32.0 Å². The molecule has 0 saturated carbocycles. The summed E-state index contributed by atoms with van der Waals surface area (Å²) in [5.74, 6) is 1.07. The zero-order valence-corrected chi connectivity index (χ0v) is 14.6. The zero-order valence-electron chi connectivity index (χ0n) is 13.8. The molecule has 2 rings (SSSR count). The van der Waals surface area contributed by atoms with Crippen LogP contribution in [0.1, 0.15) is 24.2 Å². The molecule has 126 valence electrons. The minimum Gasteiger partial charge on any atom is -0.495 e. The summed E-state index contributed by atoms with van der Waals surface area (Å²) in [7, 11) is 1.57. The maximum atomic E-state index is 12.2. The first kappa shape index (κ1) is 17.7. The molecule has 5 nitrogen and oxygen atoms in total. The number of benzene rings is 2. The fraction of sp³-hybridized carbons (Fsp3) is 0.222. The Morgan fingerprint density at radius 1 is 1.08 bits per heavy atom. The van der Waals surface area contributed by atoms with Crippen LogP contribution in [0.25, 0.3) is 0 Å². The van der Waals surface area contributed by atoms with Crippen LogP contribution < -0.4 is 20.1 Å². The molecule has 0 aliphatic rings. The Morgan fingerprint density at radius 3 is 2.38 bits per heavy atom. The van der Waals surface area contributed by atoms with Gasteiger partial charge in [-0.1, -0.05) is 12.1 Å². The Morgan fingerprint density at radius 2 is 1.75 bits per heavy atom. The molecule has 0 atom stereocenters. The second-order valence-corrected chi connectivity index (χ2v) is 5.71. The maximum absolute atomic E-state index is 12.2. The third-order valence-electron chi connectivity index (χ3n) is 3.07. The molecular weight excluding hydrogens is 324 g/mol. The highest BCUT2D eigenvalue weighted by Crippen LogP contribution is 2.22. The van der Waals surface area contributed by atoms with E-state index in [0.29, 0.717) is 17.0 Å². The molecule has 24 heavy (non-hydrogen) atoms. The maximum Gasteiger partial charge on any atom is 0.257 e. The number of methoxy groups -OCH3 is 1. The smallest absolute Gasteiger partial charge is 0.257 e. The molecule has 0 fully saturated rings. The molecular formula is C18H20N2O3S. The van der Waals surface area contributed by atoms with E-state index in [9.17, 15) is 4.79 Å². The van der Waals surface area contributed by atoms with Crippen molar-refractivity contribution in [3.8, 4) is 11.5 Å². The first-order valence-corrected chi connectivity index (χ1v) is 7.92. The van der Waals surface area contributed by atoms with Crippen molar-refractivity contribution < 1.29 is 14.3 Å². The number of rotatable bonds is 5. The van der Waals surface area contributed by atoms with E-state index >= 15 is 0 Å². The fourth-order valence-corrected chi connectivity index (χ4v) is 2.24. The molecule has 2 aromatic rings. The largest absolute Gasteiger partial charge is 0.495 e. The van der Waals surface area contributed by atoms with Crippen LogP contribution in [0.15, 0.2) is 48.5 Å². The molecule has 0 saturated heterocycles. The highest BCUT2D eigenvalue weighted by Gasteiger charge is 2.10. The number of carbonyl (C=O) groups is 1. The van der Waals surface area contributed by atoms with E-state index in [1.165, 1.54) is 0 Å². The Labute approximate surface area is 147 Å². The Kier molecular flexibility index (Phi) is 6.14. The Balaban J connectivity index is 1.97. The number of carbonyl (C=O) groups excluding carboxylic acids is 1. The SMILES string of the molecule is COc1ccccc1NC(=S)NC(=O)c1ccc(OC(C)C)cc1. The summed E-state index contributed by atoms with van der Waals surface area (Å²) in [6.07, 6.45) is 0.0855. The van der Waals surface area contributed by atoms with Gasteiger partial charge in [-0.15, -0.1) is 0 Å². The second kappa shape index (κ2) is 8.31. The summed E-state index contributed by atoms with van der Waals surface area (Å²) in [5.41, 5.74) is 1.18. The van der Waals surface area contributed by atoms with Gasteiger partial charge in [-0.05, 0) is 62.5 Å². The molecule has 0 heterocycles. The van der Waals surface area contributed by atoms with Crippen LogP contribution in [0.4, 0.5) is 5.69 Å². The lowest BCUT2D eigenvalue weighted by atomic mass is 10.2. The highest BCUT2D eigenvalue weighted by molar-refractivity contribution is 7.80. The van der Waals surface area contributed by atoms with Gasteiger partial charge in [0, 0.05) is 5.56 Å². The number of hydrogen-bond donors (Lipinski definition) is 2. The molecule has 1 amide bonds. The number of ether oxygens (including phenoxy) is 2. The average molecular weight is 344 g/mol. The zero-order chi connectivity index (χ0) is 17.5. The summed E-state index contributed by atoms with van der Waals surface area (Å²) in [4.78, 5) is 12.2. The van der Waals surface area contributed by atoms with Crippen molar-refractivity contribution in [3.63, 3.8) is 0 Å². The summed E-state index contributed by atoms with van der Waals surface area (Å²) in [6, 6.07) is 14.2. The topological polar surface area (TPSA) is 59.6 Å². The van der Waals surface area contributed by atoms with Crippen LogP contribution in [-0.2, 0) is 0 Å². The lowest BCUT2D eigenvalue weighted by Gasteiger charge is -2.13. The fourth-order valence-electron chi connectivity index (χ4n) is 2.03. The molecule has 2 aromatic carbocycles. The van der Waals surface area contributed by atoms with Crippen LogP contribution in [0.3, 0.4) is 0 Å². The normalized spacial score (nSPS) is 10.2. The van der Waals surface area contributed by atoms with E-state index in [4.69, 9.17) is 21.7 Å². The van der Waals surface area contributed by atoms with Crippen LogP contribution in [0, 0.1) is 0 Å². The van der Waals surface area contributed by atoms with Crippen molar-refractivity contribution in [2.75, 3.05) is 12.4 Å². The standard InChI is InChI=1S/C18H20N2O3S/c1-12(2)23-14-10-8-13(9-11-14)17(21)20-18(24)19-15-6-4-5-7-16(15)22-3/h4-12H,1-3H3,(H2,19,20,21,24). The summed E-state index contributed by atoms with van der Waals surface area (Å²) < 4.78 is 10.8. The van der Waals surface area contributed by atoms with Gasteiger partial charge >= 0.3 is 0 Å². The molecule has 0 aliphatic carbocycles. The van der Waals surface area contributed by atoms with Gasteiger partial charge in [0.25, 0.3) is 5.91 Å². The second-order valence-electron chi connectivity index (χ2n) is 5.30. The highest BCUT2D eigenvalue weighted by atomic mass is 32.1. The number of para-hydroxylation sites is 2. The molecule has 0 aliphatic heterocycles. The van der Waals surface area contributed by atoms with Gasteiger partial charge in [0.15, 0.2) is 5.11 Å². The molecule has 0 aromatic heterocycles. The Hall–Kier alpha value is -2.60. The third kappa shape index (κ3) is 4.96. The molecule has 0 bridgehead atoms. The van der Waals surface area contributed by atoms with Crippen molar-refractivity contribution in [3.05, 3.63) is 54.1 Å². The monoisotopic (exact) mass is 344 g/mol.